The zero-order valence-electron chi connectivity index (χ0n) is 12.1. The van der Waals surface area contributed by atoms with Crippen molar-refractivity contribution >= 4 is 21.7 Å². The Morgan fingerprint density at radius 3 is 2.68 bits per heavy atom. The lowest BCUT2D eigenvalue weighted by Gasteiger charge is -2.08. The van der Waals surface area contributed by atoms with E-state index in [4.69, 9.17) is 9.66 Å². The van der Waals surface area contributed by atoms with Gasteiger partial charge in [-0.25, -0.2) is 18.4 Å². The summed E-state index contributed by atoms with van der Waals surface area (Å²) in [5, 5.41) is 14.0. The molecule has 0 aliphatic carbocycles. The fraction of sp³-hybridized carbons (Fsp3) is 0.231. The highest BCUT2D eigenvalue weighted by Crippen LogP contribution is 2.14. The van der Waals surface area contributed by atoms with Crippen LogP contribution in [0.2, 0.25) is 0 Å². The Morgan fingerprint density at radius 1 is 1.36 bits per heavy atom. The molecule has 8 nitrogen and oxygen atoms in total. The molecule has 1 heterocycles. The van der Waals surface area contributed by atoms with E-state index in [2.05, 4.69) is 15.8 Å². The average molecular weight is 324 g/mol. The van der Waals surface area contributed by atoms with Gasteiger partial charge in [0.25, 0.3) is 0 Å². The first kappa shape index (κ1) is 16.0. The van der Waals surface area contributed by atoms with E-state index in [0.29, 0.717) is 17.1 Å². The summed E-state index contributed by atoms with van der Waals surface area (Å²) in [4.78, 5) is 11.8. The number of primary sulfonamides is 1. The number of carbonyl (C=O) groups is 1. The number of urea groups is 1. The average Bonchev–Trinajstić information content (AvgIpc) is 2.75. The van der Waals surface area contributed by atoms with Crippen molar-refractivity contribution in [2.24, 2.45) is 5.14 Å². The summed E-state index contributed by atoms with van der Waals surface area (Å²) in [6.07, 6.45) is 0. The molecule has 22 heavy (non-hydrogen) atoms. The van der Waals surface area contributed by atoms with Gasteiger partial charge < -0.3 is 15.2 Å². The molecule has 0 bridgehead atoms. The largest absolute Gasteiger partial charge is 0.361 e. The molecule has 0 aliphatic heterocycles. The minimum absolute atomic E-state index is 0.0731. The number of hydrogen-bond donors (Lipinski definition) is 3. The van der Waals surface area contributed by atoms with Crippen molar-refractivity contribution in [2.45, 2.75) is 25.3 Å². The van der Waals surface area contributed by atoms with Gasteiger partial charge in [0, 0.05) is 17.8 Å². The third kappa shape index (κ3) is 3.83. The van der Waals surface area contributed by atoms with Crippen molar-refractivity contribution in [3.05, 3.63) is 41.3 Å². The number of amides is 2. The van der Waals surface area contributed by atoms with Crippen molar-refractivity contribution in [1.82, 2.24) is 10.5 Å². The fourth-order valence-electron chi connectivity index (χ4n) is 1.85. The Hall–Kier alpha value is -2.39. The number of rotatable bonds is 4. The molecule has 2 aromatic rings. The van der Waals surface area contributed by atoms with E-state index in [-0.39, 0.29) is 11.4 Å². The van der Waals surface area contributed by atoms with Crippen molar-refractivity contribution in [1.29, 1.82) is 0 Å². The fourth-order valence-corrected chi connectivity index (χ4v) is 2.41. The van der Waals surface area contributed by atoms with Gasteiger partial charge in [0.1, 0.15) is 5.76 Å². The molecular weight excluding hydrogens is 308 g/mol. The number of hydrogen-bond acceptors (Lipinski definition) is 5. The van der Waals surface area contributed by atoms with Crippen LogP contribution in [0.25, 0.3) is 0 Å². The predicted octanol–water partition coefficient (Wildman–Crippen LogP) is 1.26. The summed E-state index contributed by atoms with van der Waals surface area (Å²) in [7, 11) is -3.81. The van der Waals surface area contributed by atoms with Gasteiger partial charge in [-0.2, -0.15) is 0 Å². The number of carbonyl (C=O) groups excluding carboxylic acids is 1. The lowest BCUT2D eigenvalue weighted by Crippen LogP contribution is -2.28. The lowest BCUT2D eigenvalue weighted by atomic mass is 10.2. The Balaban J connectivity index is 2.01. The Bertz CT molecular complexity index is 779. The van der Waals surface area contributed by atoms with E-state index >= 15 is 0 Å². The van der Waals surface area contributed by atoms with Crippen LogP contribution in [0.3, 0.4) is 0 Å². The molecule has 0 aliphatic rings. The number of benzene rings is 1. The third-order valence-electron chi connectivity index (χ3n) is 3.03. The number of anilines is 1. The standard InChI is InChI=1S/C13H16N4O4S/c1-8-12(9(2)21-17-8)7-15-13(18)16-10-4-3-5-11(6-10)22(14,19)20/h3-6H,7H2,1-2H3,(H2,14,19,20)(H2,15,16,18). The molecule has 0 atom stereocenters. The van der Waals surface area contributed by atoms with Crippen LogP contribution in [0.5, 0.6) is 0 Å². The van der Waals surface area contributed by atoms with Gasteiger partial charge >= 0.3 is 6.03 Å². The molecule has 4 N–H and O–H groups in total. The molecule has 1 aromatic carbocycles. The van der Waals surface area contributed by atoms with Crippen LogP contribution in [0.15, 0.2) is 33.7 Å². The molecule has 0 saturated carbocycles. The second-order valence-electron chi connectivity index (χ2n) is 4.68. The van der Waals surface area contributed by atoms with E-state index in [0.717, 1.165) is 5.56 Å². The molecular formula is C13H16N4O4S. The molecule has 0 saturated heterocycles. The van der Waals surface area contributed by atoms with E-state index in [9.17, 15) is 13.2 Å². The molecule has 9 heteroatoms. The third-order valence-corrected chi connectivity index (χ3v) is 3.94. The van der Waals surface area contributed by atoms with Crippen molar-refractivity contribution in [3.8, 4) is 0 Å². The highest BCUT2D eigenvalue weighted by Gasteiger charge is 2.12. The van der Waals surface area contributed by atoms with Crippen LogP contribution in [-0.2, 0) is 16.6 Å². The molecule has 0 unspecified atom stereocenters. The summed E-state index contributed by atoms with van der Waals surface area (Å²) in [6.45, 7) is 3.79. The lowest BCUT2D eigenvalue weighted by molar-refractivity contribution is 0.251. The van der Waals surface area contributed by atoms with Gasteiger partial charge in [-0.15, -0.1) is 0 Å². The maximum atomic E-state index is 11.8. The number of aryl methyl sites for hydroxylation is 2. The maximum absolute atomic E-state index is 11.8. The van der Waals surface area contributed by atoms with Crippen LogP contribution in [-0.4, -0.2) is 19.6 Å². The van der Waals surface area contributed by atoms with E-state index in [1.54, 1.807) is 19.9 Å². The zero-order valence-corrected chi connectivity index (χ0v) is 12.9. The molecule has 118 valence electrons. The second kappa shape index (κ2) is 6.16. The number of nitrogens with zero attached hydrogens (tertiary/aromatic N) is 1. The van der Waals surface area contributed by atoms with E-state index < -0.39 is 16.1 Å². The van der Waals surface area contributed by atoms with Crippen molar-refractivity contribution in [2.75, 3.05) is 5.32 Å². The predicted molar refractivity (Wildman–Crippen MR) is 79.7 cm³/mol. The molecule has 0 radical (unpaired) electrons. The van der Waals surface area contributed by atoms with Gasteiger partial charge in [0.15, 0.2) is 0 Å². The van der Waals surface area contributed by atoms with Crippen LogP contribution in [0.1, 0.15) is 17.0 Å². The second-order valence-corrected chi connectivity index (χ2v) is 6.24. The molecule has 0 spiro atoms. The van der Waals surface area contributed by atoms with Crippen molar-refractivity contribution < 1.29 is 17.7 Å². The Labute approximate surface area is 127 Å². The van der Waals surface area contributed by atoms with Gasteiger partial charge in [0.05, 0.1) is 10.6 Å². The summed E-state index contributed by atoms with van der Waals surface area (Å²) >= 11 is 0. The van der Waals surface area contributed by atoms with Gasteiger partial charge in [-0.05, 0) is 32.0 Å². The first-order valence-electron chi connectivity index (χ1n) is 6.37. The van der Waals surface area contributed by atoms with Crippen LogP contribution in [0, 0.1) is 13.8 Å². The van der Waals surface area contributed by atoms with E-state index in [1.165, 1.54) is 18.2 Å². The number of sulfonamides is 1. The van der Waals surface area contributed by atoms with Gasteiger partial charge in [-0.3, -0.25) is 0 Å². The summed E-state index contributed by atoms with van der Waals surface area (Å²) in [5.74, 6) is 0.633. The minimum Gasteiger partial charge on any atom is -0.361 e. The summed E-state index contributed by atoms with van der Waals surface area (Å²) in [5.41, 5.74) is 1.82. The highest BCUT2D eigenvalue weighted by atomic mass is 32.2. The van der Waals surface area contributed by atoms with Crippen LogP contribution in [0.4, 0.5) is 10.5 Å². The molecule has 2 rings (SSSR count). The molecule has 2 amide bonds. The highest BCUT2D eigenvalue weighted by molar-refractivity contribution is 7.89. The van der Waals surface area contributed by atoms with Crippen LogP contribution >= 0.6 is 0 Å². The number of nitrogens with two attached hydrogens (primary N) is 1. The maximum Gasteiger partial charge on any atom is 0.319 e. The number of nitrogens with one attached hydrogen (secondary N) is 2. The monoisotopic (exact) mass is 324 g/mol. The van der Waals surface area contributed by atoms with Gasteiger partial charge in [-0.1, -0.05) is 11.2 Å². The topological polar surface area (TPSA) is 127 Å². The van der Waals surface area contributed by atoms with Crippen LogP contribution < -0.4 is 15.8 Å². The van der Waals surface area contributed by atoms with Crippen molar-refractivity contribution in [3.63, 3.8) is 0 Å². The summed E-state index contributed by atoms with van der Waals surface area (Å²) < 4.78 is 27.5. The molecule has 0 fully saturated rings. The number of aromatic nitrogens is 1. The normalized spacial score (nSPS) is 11.2. The smallest absolute Gasteiger partial charge is 0.319 e. The Morgan fingerprint density at radius 2 is 2.09 bits per heavy atom. The quantitative estimate of drug-likeness (QED) is 0.780. The SMILES string of the molecule is Cc1noc(C)c1CNC(=O)Nc1cccc(S(N)(=O)=O)c1. The summed E-state index contributed by atoms with van der Waals surface area (Å²) in [6, 6.07) is 5.20. The van der Waals surface area contributed by atoms with E-state index in [1.807, 2.05) is 0 Å². The minimum atomic E-state index is -3.81. The zero-order chi connectivity index (χ0) is 16.3. The first-order chi connectivity index (χ1) is 10.3. The van der Waals surface area contributed by atoms with Gasteiger partial charge in [0.2, 0.25) is 10.0 Å². The molecule has 1 aromatic heterocycles. The first-order valence-corrected chi connectivity index (χ1v) is 7.91. The Kier molecular flexibility index (Phi) is 4.48.